The van der Waals surface area contributed by atoms with Crippen molar-refractivity contribution in [1.29, 1.82) is 0 Å². The molecule has 1 saturated heterocycles. The van der Waals surface area contributed by atoms with E-state index in [0.29, 0.717) is 16.3 Å². The summed E-state index contributed by atoms with van der Waals surface area (Å²) in [5, 5.41) is 9.45. The van der Waals surface area contributed by atoms with Crippen LogP contribution in [-0.2, 0) is 4.79 Å². The molecule has 2 aromatic rings. The Kier molecular flexibility index (Phi) is 9.94. The van der Waals surface area contributed by atoms with Gasteiger partial charge in [-0.2, -0.15) is 0 Å². The number of thioether (sulfide) groups is 1. The third kappa shape index (κ3) is 7.40. The number of nitrogens with two attached hydrogens (primary N) is 1. The largest absolute Gasteiger partial charge is 0.495 e. The topological polar surface area (TPSA) is 79.0 Å². The standard InChI is InChI=1S/C15H25N3O.C10H7ClO2S/c1-19-15-7-3-2-6-14(15)18-12-10-17(11-13-18)9-5-4-8-16;11-8-1-2-9-6(4-8)3-7(5-14-9)10(12)13/h2-3,6-7H,4-5,8-13,16H2,1H3;1-4H,5H2,(H,12,13). The van der Waals surface area contributed by atoms with Gasteiger partial charge in [0, 0.05) is 47.4 Å². The number of hydrogen-bond donors (Lipinski definition) is 2. The summed E-state index contributed by atoms with van der Waals surface area (Å²) in [6, 6.07) is 13.8. The molecule has 33 heavy (non-hydrogen) atoms. The number of carboxylic acids is 1. The summed E-state index contributed by atoms with van der Waals surface area (Å²) in [6.07, 6.45) is 4.03. The van der Waals surface area contributed by atoms with Gasteiger partial charge in [-0.15, -0.1) is 11.8 Å². The minimum absolute atomic E-state index is 0.421. The number of fused-ring (bicyclic) bond motifs is 1. The molecule has 3 N–H and O–H groups in total. The zero-order valence-corrected chi connectivity index (χ0v) is 20.6. The molecule has 2 aliphatic rings. The number of ether oxygens (including phenoxy) is 1. The molecule has 4 rings (SSSR count). The molecule has 2 aromatic carbocycles. The Morgan fingerprint density at radius 3 is 2.61 bits per heavy atom. The van der Waals surface area contributed by atoms with Crippen molar-refractivity contribution in [2.75, 3.05) is 57.0 Å². The molecule has 2 aliphatic heterocycles. The maximum absolute atomic E-state index is 10.7. The predicted octanol–water partition coefficient (Wildman–Crippen LogP) is 4.47. The molecule has 0 amide bonds. The van der Waals surface area contributed by atoms with Gasteiger partial charge in [-0.1, -0.05) is 23.7 Å². The number of carbonyl (C=O) groups is 1. The van der Waals surface area contributed by atoms with Crippen LogP contribution in [0.4, 0.5) is 5.69 Å². The minimum Gasteiger partial charge on any atom is -0.495 e. The summed E-state index contributed by atoms with van der Waals surface area (Å²) in [7, 11) is 1.74. The fourth-order valence-electron chi connectivity index (χ4n) is 3.86. The van der Waals surface area contributed by atoms with Crippen molar-refractivity contribution in [2.24, 2.45) is 5.73 Å². The molecule has 8 heteroatoms. The molecule has 0 atom stereocenters. The highest BCUT2D eigenvalue weighted by molar-refractivity contribution is 7.99. The second-order valence-corrected chi connectivity index (χ2v) is 9.40. The lowest BCUT2D eigenvalue weighted by Crippen LogP contribution is -2.46. The Labute approximate surface area is 205 Å². The number of piperazine rings is 1. The van der Waals surface area contributed by atoms with Crippen molar-refractivity contribution < 1.29 is 14.6 Å². The van der Waals surface area contributed by atoms with Crippen LogP contribution >= 0.6 is 23.4 Å². The first-order valence-electron chi connectivity index (χ1n) is 11.2. The Morgan fingerprint density at radius 1 is 1.15 bits per heavy atom. The van der Waals surface area contributed by atoms with E-state index in [1.54, 1.807) is 19.3 Å². The van der Waals surface area contributed by atoms with Crippen molar-refractivity contribution in [2.45, 2.75) is 17.7 Å². The van der Waals surface area contributed by atoms with Crippen molar-refractivity contribution in [3.8, 4) is 5.75 Å². The lowest BCUT2D eigenvalue weighted by atomic mass is 10.1. The Balaban J connectivity index is 0.000000194. The predicted molar refractivity (Wildman–Crippen MR) is 138 cm³/mol. The maximum Gasteiger partial charge on any atom is 0.332 e. The number of unbranched alkanes of at least 4 members (excludes halogenated alkanes) is 1. The maximum atomic E-state index is 10.7. The smallest absolute Gasteiger partial charge is 0.332 e. The van der Waals surface area contributed by atoms with Gasteiger partial charge >= 0.3 is 5.97 Å². The van der Waals surface area contributed by atoms with Gasteiger partial charge in [-0.25, -0.2) is 4.79 Å². The van der Waals surface area contributed by atoms with Crippen LogP contribution in [0.2, 0.25) is 5.02 Å². The van der Waals surface area contributed by atoms with Gasteiger partial charge in [0.25, 0.3) is 0 Å². The number of para-hydroxylation sites is 2. The molecule has 0 aliphatic carbocycles. The van der Waals surface area contributed by atoms with Crippen LogP contribution < -0.4 is 15.4 Å². The lowest BCUT2D eigenvalue weighted by molar-refractivity contribution is -0.132. The van der Waals surface area contributed by atoms with Crippen LogP contribution in [0.5, 0.6) is 5.75 Å². The van der Waals surface area contributed by atoms with E-state index in [2.05, 4.69) is 21.9 Å². The molecule has 0 radical (unpaired) electrons. The molecule has 0 saturated carbocycles. The molecule has 0 unspecified atom stereocenters. The van der Waals surface area contributed by atoms with E-state index in [1.807, 2.05) is 24.3 Å². The first-order chi connectivity index (χ1) is 16.0. The molecule has 178 valence electrons. The number of methoxy groups -OCH3 is 1. The number of nitrogens with zero attached hydrogens (tertiary/aromatic N) is 2. The summed E-state index contributed by atoms with van der Waals surface area (Å²) in [6.45, 7) is 6.38. The van der Waals surface area contributed by atoms with Crippen LogP contribution in [0.25, 0.3) is 6.08 Å². The highest BCUT2D eigenvalue weighted by atomic mass is 35.5. The van der Waals surface area contributed by atoms with Gasteiger partial charge < -0.3 is 20.5 Å². The van der Waals surface area contributed by atoms with E-state index in [1.165, 1.54) is 30.4 Å². The lowest BCUT2D eigenvalue weighted by Gasteiger charge is -2.36. The number of rotatable bonds is 7. The summed E-state index contributed by atoms with van der Waals surface area (Å²) >= 11 is 7.34. The van der Waals surface area contributed by atoms with Crippen LogP contribution in [-0.4, -0.2) is 68.1 Å². The van der Waals surface area contributed by atoms with Crippen molar-refractivity contribution in [1.82, 2.24) is 4.90 Å². The zero-order chi connectivity index (χ0) is 23.6. The number of carboxylic acid groups (broad SMARTS) is 1. The third-order valence-electron chi connectivity index (χ3n) is 5.69. The second kappa shape index (κ2) is 12.9. The fourth-order valence-corrected chi connectivity index (χ4v) is 5.00. The quantitative estimate of drug-likeness (QED) is 0.555. The highest BCUT2D eigenvalue weighted by Crippen LogP contribution is 2.33. The van der Waals surface area contributed by atoms with E-state index in [9.17, 15) is 4.79 Å². The number of hydrogen-bond acceptors (Lipinski definition) is 6. The van der Waals surface area contributed by atoms with E-state index < -0.39 is 5.97 Å². The Morgan fingerprint density at radius 2 is 1.91 bits per heavy atom. The van der Waals surface area contributed by atoms with Gasteiger partial charge in [-0.05, 0) is 67.9 Å². The SMILES string of the molecule is COc1ccccc1N1CCN(CCCCN)CC1.O=C(O)C1=Cc2cc(Cl)ccc2SC1. The molecule has 0 aromatic heterocycles. The molecule has 2 heterocycles. The fraction of sp³-hybridized carbons (Fsp3) is 0.400. The van der Waals surface area contributed by atoms with Gasteiger partial charge in [0.1, 0.15) is 5.75 Å². The third-order valence-corrected chi connectivity index (χ3v) is 7.06. The van der Waals surface area contributed by atoms with Crippen LogP contribution in [0.3, 0.4) is 0 Å². The first-order valence-corrected chi connectivity index (χ1v) is 12.5. The van der Waals surface area contributed by atoms with E-state index >= 15 is 0 Å². The summed E-state index contributed by atoms with van der Waals surface area (Å²) < 4.78 is 5.44. The number of halogens is 1. The molecular weight excluding hydrogens is 458 g/mol. The Bertz CT molecular complexity index is 962. The average Bonchev–Trinajstić information content (AvgIpc) is 2.84. The van der Waals surface area contributed by atoms with Crippen molar-refractivity contribution >= 4 is 41.1 Å². The number of benzene rings is 2. The van der Waals surface area contributed by atoms with E-state index in [0.717, 1.165) is 55.4 Å². The van der Waals surface area contributed by atoms with Gasteiger partial charge in [0.05, 0.1) is 12.8 Å². The van der Waals surface area contributed by atoms with Gasteiger partial charge in [0.15, 0.2) is 0 Å². The monoisotopic (exact) mass is 489 g/mol. The first kappa shape index (κ1) is 25.4. The molecule has 1 fully saturated rings. The van der Waals surface area contributed by atoms with Gasteiger partial charge in [0.2, 0.25) is 0 Å². The van der Waals surface area contributed by atoms with E-state index in [-0.39, 0.29) is 0 Å². The van der Waals surface area contributed by atoms with Crippen LogP contribution in [0, 0.1) is 0 Å². The average molecular weight is 490 g/mol. The van der Waals surface area contributed by atoms with Gasteiger partial charge in [-0.3, -0.25) is 4.90 Å². The van der Waals surface area contributed by atoms with Crippen molar-refractivity contribution in [3.05, 3.63) is 58.6 Å². The minimum atomic E-state index is -0.858. The van der Waals surface area contributed by atoms with Crippen LogP contribution in [0.1, 0.15) is 18.4 Å². The second-order valence-electron chi connectivity index (χ2n) is 7.94. The Hall–Kier alpha value is -2.19. The summed E-state index contributed by atoms with van der Waals surface area (Å²) in [5.74, 6) is 0.631. The molecule has 0 spiro atoms. The molecule has 0 bridgehead atoms. The molecule has 6 nitrogen and oxygen atoms in total. The van der Waals surface area contributed by atoms with Crippen molar-refractivity contribution in [3.63, 3.8) is 0 Å². The summed E-state index contributed by atoms with van der Waals surface area (Å²) in [4.78, 5) is 16.8. The number of aliphatic carboxylic acids is 1. The van der Waals surface area contributed by atoms with E-state index in [4.69, 9.17) is 27.2 Å². The normalized spacial score (nSPS) is 15.7. The van der Waals surface area contributed by atoms with Crippen LogP contribution in [0.15, 0.2) is 52.9 Å². The summed E-state index contributed by atoms with van der Waals surface area (Å²) in [5.41, 5.74) is 8.06. The zero-order valence-electron chi connectivity index (χ0n) is 19.0. The molecular formula is C25H32ClN3O3S. The number of anilines is 1. The highest BCUT2D eigenvalue weighted by Gasteiger charge is 2.19.